The number of hydrogen-bond donors (Lipinski definition) is 3. The number of carbonyl (C=O) groups excluding carboxylic acids is 1. The number of aromatic nitrogens is 2. The Balaban J connectivity index is 0.000000451. The van der Waals surface area contributed by atoms with Gasteiger partial charge in [-0.1, -0.05) is 29.8 Å². The van der Waals surface area contributed by atoms with Gasteiger partial charge in [-0.15, -0.1) is 0 Å². The molecule has 0 saturated heterocycles. The van der Waals surface area contributed by atoms with Crippen LogP contribution in [0, 0.1) is 0 Å². The highest BCUT2D eigenvalue weighted by Crippen LogP contribution is 2.16. The second kappa shape index (κ2) is 11.2. The molecule has 0 aliphatic rings. The van der Waals surface area contributed by atoms with Crippen LogP contribution in [-0.2, 0) is 17.8 Å². The van der Waals surface area contributed by atoms with E-state index in [1.54, 1.807) is 24.4 Å². The number of anilines is 1. The first-order valence-electron chi connectivity index (χ1n) is 9.04. The number of rotatable bonds is 5. The molecule has 2 heterocycles. The number of pyridine rings is 2. The lowest BCUT2D eigenvalue weighted by atomic mass is 10.1. The van der Waals surface area contributed by atoms with Gasteiger partial charge in [-0.2, -0.15) is 13.2 Å². The Morgan fingerprint density at radius 3 is 2.25 bits per heavy atom. The Hall–Kier alpha value is -3.50. The maximum atomic E-state index is 12.2. The molecule has 4 N–H and O–H groups in total. The first-order chi connectivity index (χ1) is 15.1. The summed E-state index contributed by atoms with van der Waals surface area (Å²) in [5.41, 5.74) is 8.84. The molecule has 11 heteroatoms. The molecule has 0 bridgehead atoms. The summed E-state index contributed by atoms with van der Waals surface area (Å²) in [6, 6.07) is 14.8. The van der Waals surface area contributed by atoms with Crippen molar-refractivity contribution >= 4 is 29.3 Å². The van der Waals surface area contributed by atoms with Crippen LogP contribution < -0.4 is 11.1 Å². The highest BCUT2D eigenvalue weighted by Gasteiger charge is 2.38. The lowest BCUT2D eigenvalue weighted by molar-refractivity contribution is -0.192. The van der Waals surface area contributed by atoms with Crippen molar-refractivity contribution in [2.45, 2.75) is 19.1 Å². The average Bonchev–Trinajstić information content (AvgIpc) is 2.75. The number of carbonyl (C=O) groups is 2. The van der Waals surface area contributed by atoms with E-state index in [1.807, 2.05) is 30.3 Å². The number of nitrogens with zero attached hydrogens (tertiary/aromatic N) is 2. The molecule has 0 aliphatic heterocycles. The fourth-order valence-electron chi connectivity index (χ4n) is 2.35. The quantitative estimate of drug-likeness (QED) is 0.521. The van der Waals surface area contributed by atoms with Gasteiger partial charge in [-0.3, -0.25) is 9.78 Å². The van der Waals surface area contributed by atoms with E-state index in [0.717, 1.165) is 23.2 Å². The lowest BCUT2D eigenvalue weighted by Gasteiger charge is -2.06. The second-order valence-corrected chi connectivity index (χ2v) is 6.79. The van der Waals surface area contributed by atoms with Crippen molar-refractivity contribution in [3.8, 4) is 0 Å². The molecule has 0 aliphatic carbocycles. The molecule has 7 nitrogen and oxygen atoms in total. The SMILES string of the molecule is NCc1ccc(C(=O)Nc2ccc(Cc3cccc(Cl)c3)cn2)cn1.O=C(O)C(F)(F)F. The molecule has 2 aromatic heterocycles. The lowest BCUT2D eigenvalue weighted by Crippen LogP contribution is -2.21. The number of nitrogens with two attached hydrogens (primary N) is 1. The number of amides is 1. The van der Waals surface area contributed by atoms with Gasteiger partial charge in [0.05, 0.1) is 11.3 Å². The van der Waals surface area contributed by atoms with Crippen molar-refractivity contribution in [3.63, 3.8) is 0 Å². The van der Waals surface area contributed by atoms with Crippen LogP contribution >= 0.6 is 11.6 Å². The van der Waals surface area contributed by atoms with Gasteiger partial charge < -0.3 is 16.2 Å². The average molecular weight is 467 g/mol. The number of halogens is 4. The highest BCUT2D eigenvalue weighted by atomic mass is 35.5. The minimum absolute atomic E-state index is 0.258. The molecule has 0 fully saturated rings. The Kier molecular flexibility index (Phi) is 8.68. The van der Waals surface area contributed by atoms with Crippen molar-refractivity contribution < 1.29 is 27.9 Å². The first kappa shape index (κ1) is 24.8. The molecule has 32 heavy (non-hydrogen) atoms. The molecular formula is C21H18ClF3N4O3. The smallest absolute Gasteiger partial charge is 0.475 e. The summed E-state index contributed by atoms with van der Waals surface area (Å²) in [6.07, 6.45) is -1.11. The number of carboxylic acids is 1. The predicted octanol–water partition coefficient (Wildman–Crippen LogP) is 4.07. The van der Waals surface area contributed by atoms with Crippen LogP contribution in [0.15, 0.2) is 60.9 Å². The van der Waals surface area contributed by atoms with Gasteiger partial charge in [0.15, 0.2) is 0 Å². The van der Waals surface area contributed by atoms with Crippen molar-refractivity contribution in [2.75, 3.05) is 5.32 Å². The first-order valence-corrected chi connectivity index (χ1v) is 9.42. The van der Waals surface area contributed by atoms with Crippen LogP contribution in [0.4, 0.5) is 19.0 Å². The molecular weight excluding hydrogens is 449 g/mol. The summed E-state index contributed by atoms with van der Waals surface area (Å²) in [4.78, 5) is 29.5. The second-order valence-electron chi connectivity index (χ2n) is 6.36. The van der Waals surface area contributed by atoms with E-state index in [2.05, 4.69) is 15.3 Å². The third kappa shape index (κ3) is 7.97. The minimum Gasteiger partial charge on any atom is -0.475 e. The molecule has 0 spiro atoms. The highest BCUT2D eigenvalue weighted by molar-refractivity contribution is 6.30. The Labute approximate surface area is 186 Å². The molecule has 0 atom stereocenters. The van der Waals surface area contributed by atoms with Crippen LogP contribution in [0.5, 0.6) is 0 Å². The van der Waals surface area contributed by atoms with E-state index in [-0.39, 0.29) is 5.91 Å². The molecule has 1 amide bonds. The van der Waals surface area contributed by atoms with E-state index in [0.29, 0.717) is 22.9 Å². The monoisotopic (exact) mass is 466 g/mol. The van der Waals surface area contributed by atoms with E-state index in [9.17, 15) is 18.0 Å². The molecule has 0 radical (unpaired) electrons. The largest absolute Gasteiger partial charge is 0.490 e. The Morgan fingerprint density at radius 2 is 1.75 bits per heavy atom. The van der Waals surface area contributed by atoms with Gasteiger partial charge in [0.2, 0.25) is 0 Å². The number of hydrogen-bond acceptors (Lipinski definition) is 5. The van der Waals surface area contributed by atoms with Crippen LogP contribution in [0.2, 0.25) is 5.02 Å². The van der Waals surface area contributed by atoms with Crippen molar-refractivity contribution in [2.24, 2.45) is 5.73 Å². The van der Waals surface area contributed by atoms with Crippen molar-refractivity contribution in [3.05, 3.63) is 88.3 Å². The zero-order valence-electron chi connectivity index (χ0n) is 16.4. The summed E-state index contributed by atoms with van der Waals surface area (Å²) in [7, 11) is 0. The van der Waals surface area contributed by atoms with Crippen LogP contribution in [0.25, 0.3) is 0 Å². The van der Waals surface area contributed by atoms with Crippen LogP contribution in [0.1, 0.15) is 27.2 Å². The normalized spacial score (nSPS) is 10.7. The summed E-state index contributed by atoms with van der Waals surface area (Å²) in [5.74, 6) is -2.53. The van der Waals surface area contributed by atoms with Gasteiger partial charge in [-0.25, -0.2) is 9.78 Å². The van der Waals surface area contributed by atoms with E-state index >= 15 is 0 Å². The summed E-state index contributed by atoms with van der Waals surface area (Å²) < 4.78 is 31.7. The molecule has 168 valence electrons. The van der Waals surface area contributed by atoms with Gasteiger partial charge in [0.25, 0.3) is 5.91 Å². The topological polar surface area (TPSA) is 118 Å². The number of benzene rings is 1. The Bertz CT molecular complexity index is 1060. The fraction of sp³-hybridized carbons (Fsp3) is 0.143. The summed E-state index contributed by atoms with van der Waals surface area (Å²) in [5, 5.41) is 10.6. The predicted molar refractivity (Wildman–Crippen MR) is 112 cm³/mol. The van der Waals surface area contributed by atoms with E-state index in [4.69, 9.17) is 27.2 Å². The summed E-state index contributed by atoms with van der Waals surface area (Å²) in [6.45, 7) is 0.345. The molecule has 1 aromatic carbocycles. The zero-order chi connectivity index (χ0) is 23.7. The standard InChI is InChI=1S/C19H17ClN4O.C2HF3O2/c20-16-3-1-2-13(9-16)8-14-4-7-18(23-11-14)24-19(25)15-5-6-17(10-21)22-12-15;3-2(4,5)1(6)7/h1-7,9,11-12H,8,10,21H2,(H,23,24,25);(H,6,7). The fourth-order valence-corrected chi connectivity index (χ4v) is 2.57. The van der Waals surface area contributed by atoms with Crippen LogP contribution in [0.3, 0.4) is 0 Å². The van der Waals surface area contributed by atoms with E-state index < -0.39 is 12.1 Å². The van der Waals surface area contributed by atoms with Crippen molar-refractivity contribution in [1.82, 2.24) is 9.97 Å². The molecule has 0 unspecified atom stereocenters. The van der Waals surface area contributed by atoms with Gasteiger partial charge in [-0.05, 0) is 47.9 Å². The summed E-state index contributed by atoms with van der Waals surface area (Å²) >= 11 is 6.00. The molecule has 0 saturated carbocycles. The van der Waals surface area contributed by atoms with Crippen molar-refractivity contribution in [1.29, 1.82) is 0 Å². The third-order valence-electron chi connectivity index (χ3n) is 3.90. The van der Waals surface area contributed by atoms with Gasteiger partial charge in [0.1, 0.15) is 5.82 Å². The maximum Gasteiger partial charge on any atom is 0.490 e. The van der Waals surface area contributed by atoms with E-state index in [1.165, 1.54) is 6.20 Å². The molecule has 3 aromatic rings. The zero-order valence-corrected chi connectivity index (χ0v) is 17.2. The molecule has 3 rings (SSSR count). The Morgan fingerprint density at radius 1 is 1.03 bits per heavy atom. The number of carboxylic acid groups (broad SMARTS) is 1. The maximum absolute atomic E-state index is 12.2. The number of aliphatic carboxylic acids is 1. The number of alkyl halides is 3. The number of nitrogens with one attached hydrogen (secondary N) is 1. The van der Waals surface area contributed by atoms with Gasteiger partial charge >= 0.3 is 12.1 Å². The minimum atomic E-state index is -5.08. The third-order valence-corrected chi connectivity index (χ3v) is 4.14. The van der Waals surface area contributed by atoms with Crippen LogP contribution in [-0.4, -0.2) is 33.1 Å². The van der Waals surface area contributed by atoms with Gasteiger partial charge in [0, 0.05) is 24.0 Å².